The lowest BCUT2D eigenvalue weighted by molar-refractivity contribution is -0.119. The number of carbonyl (C=O) groups is 2. The zero-order chi connectivity index (χ0) is 46.9. The number of halogens is 2. The van der Waals surface area contributed by atoms with Crippen LogP contribution in [0.25, 0.3) is 0 Å². The number of sulfonamides is 2. The van der Waals surface area contributed by atoms with Gasteiger partial charge in [0.1, 0.15) is 33.5 Å². The smallest absolute Gasteiger partial charge is 0.267 e. The molecule has 22 heteroatoms. The zero-order valence-corrected chi connectivity index (χ0v) is 40.6. The molecule has 2 atom stereocenters. The molecule has 4 aliphatic heterocycles. The van der Waals surface area contributed by atoms with E-state index in [2.05, 4.69) is 41.0 Å². The average molecular weight is 1020 g/mol. The van der Waals surface area contributed by atoms with Crippen molar-refractivity contribution in [2.75, 3.05) is 61.4 Å². The zero-order valence-electron chi connectivity index (χ0n) is 35.8. The highest BCUT2D eigenvalue weighted by Crippen LogP contribution is 2.37. The Labute approximate surface area is 406 Å². The Morgan fingerprint density at radius 2 is 1.24 bits per heavy atom. The first kappa shape index (κ1) is 46.5. The molecule has 4 aliphatic rings. The molecule has 0 saturated carbocycles. The fraction of sp³-hybridized carbons (Fsp3) is 0.289. The summed E-state index contributed by atoms with van der Waals surface area (Å²) >= 11 is 14.7. The molecule has 4 aromatic heterocycles. The van der Waals surface area contributed by atoms with Crippen molar-refractivity contribution in [3.05, 3.63) is 130 Å². The lowest BCUT2D eigenvalue weighted by Crippen LogP contribution is -2.44. The Kier molecular flexibility index (Phi) is 13.5. The highest BCUT2D eigenvalue weighted by Gasteiger charge is 2.40. The third-order valence-electron chi connectivity index (χ3n) is 12.0. The van der Waals surface area contributed by atoms with Crippen LogP contribution in [0.4, 0.5) is 33.3 Å². The van der Waals surface area contributed by atoms with E-state index >= 15 is 0 Å². The molecule has 8 heterocycles. The van der Waals surface area contributed by atoms with E-state index in [-0.39, 0.29) is 45.4 Å². The lowest BCUT2D eigenvalue weighted by Gasteiger charge is -2.35. The van der Waals surface area contributed by atoms with Crippen LogP contribution in [0.1, 0.15) is 36.8 Å². The van der Waals surface area contributed by atoms with Gasteiger partial charge in [-0.25, -0.2) is 41.1 Å². The number of carbonyl (C=O) groups excluding carboxylic acids is 2. The maximum Gasteiger partial charge on any atom is 0.267 e. The summed E-state index contributed by atoms with van der Waals surface area (Å²) in [4.78, 5) is 51.0. The molecule has 348 valence electrons. The number of rotatable bonds is 12. The third kappa shape index (κ3) is 9.60. The average Bonchev–Trinajstić information content (AvgIpc) is 4.18. The Balaban J connectivity index is 0.000000169. The van der Waals surface area contributed by atoms with Crippen LogP contribution in [0.2, 0.25) is 10.0 Å². The summed E-state index contributed by atoms with van der Waals surface area (Å²) in [7, 11) is -7.67. The van der Waals surface area contributed by atoms with Crippen molar-refractivity contribution in [1.29, 1.82) is 0 Å². The molecule has 2 fully saturated rings. The van der Waals surface area contributed by atoms with Crippen molar-refractivity contribution >= 4 is 111 Å². The van der Waals surface area contributed by atoms with Crippen LogP contribution in [-0.4, -0.2) is 93.4 Å². The Hall–Kier alpha value is -5.64. The minimum Gasteiger partial charge on any atom is -0.359 e. The van der Waals surface area contributed by atoms with Crippen LogP contribution in [0.15, 0.2) is 119 Å². The van der Waals surface area contributed by atoms with E-state index < -0.39 is 20.0 Å². The van der Waals surface area contributed by atoms with Crippen LogP contribution < -0.4 is 28.6 Å². The molecule has 6 aromatic rings. The normalized spacial score (nSPS) is 18.3. The number of nitrogens with zero attached hydrogens (tertiary/aromatic N) is 9. The quantitative estimate of drug-likeness (QED) is 0.118. The Morgan fingerprint density at radius 1 is 0.701 bits per heavy atom. The lowest BCUT2D eigenvalue weighted by atomic mass is 9.99. The van der Waals surface area contributed by atoms with Gasteiger partial charge in [-0.2, -0.15) is 0 Å². The Bertz CT molecular complexity index is 3000. The summed E-state index contributed by atoms with van der Waals surface area (Å²) < 4.78 is 55.1. The predicted molar refractivity (Wildman–Crippen MR) is 264 cm³/mol. The summed E-state index contributed by atoms with van der Waals surface area (Å²) in [6.07, 6.45) is 12.3. The molecule has 1 N–H and O–H groups in total. The molecule has 2 aromatic carbocycles. The molecule has 2 amide bonds. The van der Waals surface area contributed by atoms with Crippen molar-refractivity contribution in [2.24, 2.45) is 0 Å². The first-order valence-electron chi connectivity index (χ1n) is 21.4. The van der Waals surface area contributed by atoms with Gasteiger partial charge in [0.15, 0.2) is 10.3 Å². The number of anilines is 6. The number of fused-ring (bicyclic) bond motifs is 2. The number of benzene rings is 2. The molecule has 0 bridgehead atoms. The second-order valence-corrected chi connectivity index (χ2v) is 22.2. The molecule has 0 radical (unpaired) electrons. The molecule has 2 saturated heterocycles. The molecule has 0 aliphatic carbocycles. The minimum absolute atomic E-state index is 0.0153. The molecule has 16 nitrogen and oxygen atoms in total. The molecule has 10 rings (SSSR count). The van der Waals surface area contributed by atoms with Gasteiger partial charge in [-0.05, 0) is 110 Å². The Morgan fingerprint density at radius 3 is 1.72 bits per heavy atom. The first-order valence-corrected chi connectivity index (χ1v) is 26.9. The third-order valence-corrected chi connectivity index (χ3v) is 17.2. The summed E-state index contributed by atoms with van der Waals surface area (Å²) in [6, 6.07) is 17.2. The van der Waals surface area contributed by atoms with E-state index in [1.54, 1.807) is 38.9 Å². The topological polar surface area (TPSA) is 182 Å². The maximum atomic E-state index is 13.4. The SMILES string of the molecule is C=CCN(c1nccs1)S(=O)(=O)c1ccc(N2CC[C@H](N3CCCc4cc(Cl)ccc43)C2=O)nc1.O=C1[C@@H](N2CCCc3cc(Cl)ccc32)CCN1c1ccc(S(=O)(=O)Nc2nccs2)cn1. The number of pyridine rings is 2. The first-order chi connectivity index (χ1) is 32.3. The van der Waals surface area contributed by atoms with Gasteiger partial charge in [-0.1, -0.05) is 29.3 Å². The molecule has 0 unspecified atom stereocenters. The van der Waals surface area contributed by atoms with Crippen LogP contribution in [0.5, 0.6) is 0 Å². The monoisotopic (exact) mass is 1020 g/mol. The summed E-state index contributed by atoms with van der Waals surface area (Å²) in [6.45, 7) is 6.41. The van der Waals surface area contributed by atoms with Gasteiger partial charge in [0.25, 0.3) is 31.9 Å². The number of hydrogen-bond acceptors (Lipinski definition) is 14. The van der Waals surface area contributed by atoms with Crippen molar-refractivity contribution < 1.29 is 26.4 Å². The fourth-order valence-electron chi connectivity index (χ4n) is 8.89. The standard InChI is InChI=1S/C24H24ClN5O3S2.C21H20ClN5O3S2/c1-2-11-30(24-26-10-14-34-24)35(32,33)19-6-8-22(27-16-19)29-13-9-21(23(29)31)28-12-3-4-17-15-18(25)5-7-20(17)28;22-15-3-5-17-14(12-15)2-1-9-26(17)18-7-10-27(20(18)28)19-6-4-16(13-24-19)32(29,30)25-21-23-8-11-31-21/h2,5-8,10,14-16,21H,1,3-4,9,11-13H2;3-6,8,11-13,18H,1-2,7,9-10H2,(H,23,25)/t21-;18-/m00/s1. The van der Waals surface area contributed by atoms with Gasteiger partial charge < -0.3 is 9.80 Å². The van der Waals surface area contributed by atoms with Crippen LogP contribution in [0, 0.1) is 0 Å². The fourth-order valence-corrected chi connectivity index (χ4v) is 13.2. The van der Waals surface area contributed by atoms with Crippen molar-refractivity contribution in [2.45, 2.75) is 60.4 Å². The summed E-state index contributed by atoms with van der Waals surface area (Å²) in [5.41, 5.74) is 4.44. The van der Waals surface area contributed by atoms with Crippen molar-refractivity contribution in [3.8, 4) is 0 Å². The van der Waals surface area contributed by atoms with E-state index in [1.165, 1.54) is 63.8 Å². The second kappa shape index (κ2) is 19.5. The van der Waals surface area contributed by atoms with Gasteiger partial charge >= 0.3 is 0 Å². The van der Waals surface area contributed by atoms with E-state index in [0.29, 0.717) is 52.7 Å². The van der Waals surface area contributed by atoms with E-state index in [0.717, 1.165) is 61.3 Å². The van der Waals surface area contributed by atoms with Gasteiger partial charge in [0, 0.05) is 83.1 Å². The minimum atomic E-state index is -3.88. The van der Waals surface area contributed by atoms with Gasteiger partial charge in [0.2, 0.25) is 0 Å². The summed E-state index contributed by atoms with van der Waals surface area (Å²) in [5.74, 6) is 0.817. The van der Waals surface area contributed by atoms with E-state index in [1.807, 2.05) is 36.4 Å². The number of aromatic nitrogens is 4. The number of nitrogens with one attached hydrogen (secondary N) is 1. The number of amides is 2. The van der Waals surface area contributed by atoms with Gasteiger partial charge in [0.05, 0.1) is 6.54 Å². The van der Waals surface area contributed by atoms with Crippen molar-refractivity contribution in [3.63, 3.8) is 0 Å². The van der Waals surface area contributed by atoms with Gasteiger partial charge in [-0.15, -0.1) is 29.3 Å². The van der Waals surface area contributed by atoms with Gasteiger partial charge in [-0.3, -0.25) is 24.1 Å². The molecule has 67 heavy (non-hydrogen) atoms. The van der Waals surface area contributed by atoms with Crippen molar-refractivity contribution in [1.82, 2.24) is 19.9 Å². The van der Waals surface area contributed by atoms with Crippen LogP contribution in [0.3, 0.4) is 0 Å². The number of thiazole rings is 2. The predicted octanol–water partition coefficient (Wildman–Crippen LogP) is 7.68. The van der Waals surface area contributed by atoms with Crippen LogP contribution in [-0.2, 0) is 42.5 Å². The highest BCUT2D eigenvalue weighted by molar-refractivity contribution is 7.93. The summed E-state index contributed by atoms with van der Waals surface area (Å²) in [5, 5.41) is 5.44. The molecular weight excluding hydrogens is 976 g/mol. The number of hydrogen-bond donors (Lipinski definition) is 1. The van der Waals surface area contributed by atoms with Crippen LogP contribution >= 0.6 is 45.9 Å². The second-order valence-electron chi connectivity index (χ2n) is 16.0. The molecule has 0 spiro atoms. The largest absolute Gasteiger partial charge is 0.359 e. The molecular formula is C45H44Cl2N10O6S4. The van der Waals surface area contributed by atoms with E-state index in [9.17, 15) is 26.4 Å². The number of aryl methyl sites for hydroxylation is 2. The highest BCUT2D eigenvalue weighted by atomic mass is 35.5. The van der Waals surface area contributed by atoms with E-state index in [4.69, 9.17) is 23.2 Å². The maximum absolute atomic E-state index is 13.4.